The Morgan fingerprint density at radius 1 is 1.12 bits per heavy atom. The van der Waals surface area contributed by atoms with Crippen LogP contribution in [0.4, 0.5) is 21.0 Å². The standard InChI is InChI=1S/C29H30FN9O3S/c1-4-21-25(35(3)29-33-24(22(14-31)43-29)18-5-7-19(30)8-6-18)26-32-23(13-17(2)39(26)34-21)36-9-11-37(12-10-36)27(41)28(42)38-15-20(40)16-38/h5-8,13,20,40H,4,9-12,15-16H2,1-3H3. The number of nitriles is 1. The highest BCUT2D eigenvalue weighted by molar-refractivity contribution is 7.16. The fourth-order valence-corrected chi connectivity index (χ4v) is 6.23. The summed E-state index contributed by atoms with van der Waals surface area (Å²) in [6.45, 7) is 6.12. The molecule has 2 aliphatic rings. The fourth-order valence-electron chi connectivity index (χ4n) is 5.38. The van der Waals surface area contributed by atoms with E-state index in [1.807, 2.05) is 31.9 Å². The molecular formula is C29H30FN9O3S. The molecule has 0 atom stereocenters. The summed E-state index contributed by atoms with van der Waals surface area (Å²) in [4.78, 5) is 42.2. The molecule has 2 aliphatic heterocycles. The maximum atomic E-state index is 13.5. The molecule has 2 amide bonds. The Bertz CT molecular complexity index is 1750. The maximum absolute atomic E-state index is 13.5. The molecule has 222 valence electrons. The van der Waals surface area contributed by atoms with E-state index >= 15 is 0 Å². The van der Waals surface area contributed by atoms with Crippen LogP contribution in [0.5, 0.6) is 0 Å². The first-order valence-corrected chi connectivity index (χ1v) is 14.8. The molecule has 2 fully saturated rings. The van der Waals surface area contributed by atoms with Gasteiger partial charge in [0.1, 0.15) is 34.0 Å². The molecular weight excluding hydrogens is 573 g/mol. The molecule has 6 rings (SSSR count). The Balaban J connectivity index is 1.28. The molecule has 0 spiro atoms. The largest absolute Gasteiger partial charge is 0.389 e. The molecule has 3 aromatic heterocycles. The summed E-state index contributed by atoms with van der Waals surface area (Å²) in [5, 5.41) is 24.7. The van der Waals surface area contributed by atoms with Gasteiger partial charge in [0.15, 0.2) is 10.8 Å². The highest BCUT2D eigenvalue weighted by atomic mass is 32.1. The number of rotatable bonds is 5. The van der Waals surface area contributed by atoms with Gasteiger partial charge >= 0.3 is 11.8 Å². The number of hydrogen-bond donors (Lipinski definition) is 1. The Hall–Kier alpha value is -4.61. The molecule has 5 heterocycles. The molecule has 1 N–H and O–H groups in total. The minimum Gasteiger partial charge on any atom is -0.389 e. The van der Waals surface area contributed by atoms with E-state index < -0.39 is 17.9 Å². The molecule has 0 saturated carbocycles. The highest BCUT2D eigenvalue weighted by Crippen LogP contribution is 2.38. The molecule has 4 aromatic rings. The number of halogens is 1. The predicted molar refractivity (Wildman–Crippen MR) is 159 cm³/mol. The number of carbonyl (C=O) groups is 2. The molecule has 2 saturated heterocycles. The molecule has 1 aromatic carbocycles. The third-order valence-corrected chi connectivity index (χ3v) is 8.85. The second-order valence-electron chi connectivity index (χ2n) is 10.6. The van der Waals surface area contributed by atoms with Gasteiger partial charge in [-0.3, -0.25) is 9.59 Å². The van der Waals surface area contributed by atoms with Gasteiger partial charge in [-0.2, -0.15) is 10.4 Å². The lowest BCUT2D eigenvalue weighted by atomic mass is 10.1. The van der Waals surface area contributed by atoms with Crippen molar-refractivity contribution in [2.24, 2.45) is 0 Å². The van der Waals surface area contributed by atoms with E-state index in [1.54, 1.807) is 21.5 Å². The molecule has 0 radical (unpaired) electrons. The van der Waals surface area contributed by atoms with Crippen molar-refractivity contribution in [3.63, 3.8) is 0 Å². The number of nitrogens with zero attached hydrogens (tertiary/aromatic N) is 9. The summed E-state index contributed by atoms with van der Waals surface area (Å²) in [6.07, 6.45) is 0.0847. The molecule has 43 heavy (non-hydrogen) atoms. The van der Waals surface area contributed by atoms with Crippen LogP contribution in [0.15, 0.2) is 30.3 Å². The van der Waals surface area contributed by atoms with Crippen molar-refractivity contribution in [2.45, 2.75) is 26.4 Å². The number of carbonyl (C=O) groups excluding carboxylic acids is 2. The number of benzene rings is 1. The second-order valence-corrected chi connectivity index (χ2v) is 11.6. The van der Waals surface area contributed by atoms with E-state index in [4.69, 9.17) is 15.1 Å². The Morgan fingerprint density at radius 3 is 2.42 bits per heavy atom. The van der Waals surface area contributed by atoms with Crippen molar-refractivity contribution in [1.82, 2.24) is 29.4 Å². The number of fused-ring (bicyclic) bond motifs is 1. The van der Waals surface area contributed by atoms with E-state index in [9.17, 15) is 24.3 Å². The van der Waals surface area contributed by atoms with Crippen molar-refractivity contribution in [2.75, 3.05) is 56.1 Å². The fraction of sp³-hybridized carbons (Fsp3) is 0.379. The number of hydrogen-bond acceptors (Lipinski definition) is 10. The number of anilines is 3. The number of piperazine rings is 1. The lowest BCUT2D eigenvalue weighted by Gasteiger charge is -2.39. The number of thiazole rings is 1. The summed E-state index contributed by atoms with van der Waals surface area (Å²) in [7, 11) is 1.87. The van der Waals surface area contributed by atoms with Crippen molar-refractivity contribution in [3.05, 3.63) is 52.4 Å². The SMILES string of the molecule is CCc1nn2c(C)cc(N3CCN(C(=O)C(=O)N4CC(O)C4)CC3)nc2c1N(C)c1nc(-c2ccc(F)cc2)c(C#N)s1. The summed E-state index contributed by atoms with van der Waals surface area (Å²) in [5.74, 6) is -0.744. The van der Waals surface area contributed by atoms with Gasteiger partial charge in [-0.25, -0.2) is 18.9 Å². The number of aliphatic hydroxyl groups excluding tert-OH is 1. The summed E-state index contributed by atoms with van der Waals surface area (Å²) >= 11 is 1.24. The number of aromatic nitrogens is 4. The molecule has 0 bridgehead atoms. The smallest absolute Gasteiger partial charge is 0.312 e. The van der Waals surface area contributed by atoms with Gasteiger partial charge in [0.2, 0.25) is 0 Å². The molecule has 14 heteroatoms. The normalized spacial score (nSPS) is 15.5. The zero-order chi connectivity index (χ0) is 30.4. The number of β-amino-alcohol motifs (C(OH)–C–C–N with tert-alkyl or cyclic N) is 1. The van der Waals surface area contributed by atoms with Gasteiger partial charge in [0.05, 0.1) is 11.8 Å². The Labute approximate surface area is 251 Å². The summed E-state index contributed by atoms with van der Waals surface area (Å²) < 4.78 is 15.3. The minimum atomic E-state index is -0.572. The lowest BCUT2D eigenvalue weighted by molar-refractivity contribution is -0.157. The van der Waals surface area contributed by atoms with Crippen LogP contribution in [0.2, 0.25) is 0 Å². The van der Waals surface area contributed by atoms with Crippen LogP contribution >= 0.6 is 11.3 Å². The molecule has 12 nitrogen and oxygen atoms in total. The quantitative estimate of drug-likeness (QED) is 0.341. The second kappa shape index (κ2) is 11.2. The van der Waals surface area contributed by atoms with Crippen molar-refractivity contribution < 1.29 is 19.1 Å². The van der Waals surface area contributed by atoms with Crippen LogP contribution in [0, 0.1) is 24.1 Å². The van der Waals surface area contributed by atoms with E-state index in [2.05, 4.69) is 11.0 Å². The predicted octanol–water partition coefficient (Wildman–Crippen LogP) is 2.35. The average Bonchev–Trinajstić information content (AvgIpc) is 3.61. The van der Waals surface area contributed by atoms with Crippen molar-refractivity contribution in [1.29, 1.82) is 5.26 Å². The first-order valence-electron chi connectivity index (χ1n) is 14.0. The lowest BCUT2D eigenvalue weighted by Crippen LogP contribution is -2.59. The minimum absolute atomic E-state index is 0.196. The van der Waals surface area contributed by atoms with Gasteiger partial charge < -0.3 is 24.7 Å². The van der Waals surface area contributed by atoms with Gasteiger partial charge in [0, 0.05) is 63.6 Å². The van der Waals surface area contributed by atoms with Crippen molar-refractivity contribution in [3.8, 4) is 17.3 Å². The molecule has 0 unspecified atom stereocenters. The van der Waals surface area contributed by atoms with Gasteiger partial charge in [0.25, 0.3) is 0 Å². The van der Waals surface area contributed by atoms with E-state index in [-0.39, 0.29) is 18.9 Å². The van der Waals surface area contributed by atoms with Crippen LogP contribution in [0.25, 0.3) is 16.9 Å². The highest BCUT2D eigenvalue weighted by Gasteiger charge is 2.36. The number of likely N-dealkylation sites (tertiary alicyclic amines) is 1. The van der Waals surface area contributed by atoms with Crippen LogP contribution in [0.3, 0.4) is 0 Å². The topological polar surface area (TPSA) is 134 Å². The van der Waals surface area contributed by atoms with Gasteiger partial charge in [-0.1, -0.05) is 18.3 Å². The van der Waals surface area contributed by atoms with Crippen LogP contribution in [-0.4, -0.2) is 98.7 Å². The van der Waals surface area contributed by atoms with E-state index in [0.717, 1.165) is 22.9 Å². The maximum Gasteiger partial charge on any atom is 0.312 e. The summed E-state index contributed by atoms with van der Waals surface area (Å²) in [6, 6.07) is 10.1. The van der Waals surface area contributed by atoms with Crippen LogP contribution < -0.4 is 9.80 Å². The number of amides is 2. The summed E-state index contributed by atoms with van der Waals surface area (Å²) in [5.41, 5.74) is 4.25. The number of aryl methyl sites for hydroxylation is 2. The van der Waals surface area contributed by atoms with E-state index in [0.29, 0.717) is 59.5 Å². The average molecular weight is 604 g/mol. The van der Waals surface area contributed by atoms with Gasteiger partial charge in [-0.05, 0) is 37.6 Å². The van der Waals surface area contributed by atoms with Crippen LogP contribution in [-0.2, 0) is 16.0 Å². The third-order valence-electron chi connectivity index (χ3n) is 7.81. The Morgan fingerprint density at radius 2 is 1.79 bits per heavy atom. The zero-order valence-corrected chi connectivity index (χ0v) is 24.8. The van der Waals surface area contributed by atoms with E-state index in [1.165, 1.54) is 28.4 Å². The monoisotopic (exact) mass is 603 g/mol. The first-order chi connectivity index (χ1) is 20.7. The Kier molecular flexibility index (Phi) is 7.45. The first kappa shape index (κ1) is 28.5. The zero-order valence-electron chi connectivity index (χ0n) is 24.0. The third kappa shape index (κ3) is 5.15. The molecule has 0 aliphatic carbocycles. The van der Waals surface area contributed by atoms with Crippen LogP contribution in [0.1, 0.15) is 23.2 Å². The van der Waals surface area contributed by atoms with Crippen molar-refractivity contribution >= 4 is 45.4 Å². The van der Waals surface area contributed by atoms with Gasteiger partial charge in [-0.15, -0.1) is 0 Å². The number of aliphatic hydroxyl groups is 1.